The topological polar surface area (TPSA) is 134 Å². The average Bonchev–Trinajstić information content (AvgIpc) is 2.57. The van der Waals surface area contributed by atoms with Crippen LogP contribution in [0.2, 0.25) is 0 Å². The summed E-state index contributed by atoms with van der Waals surface area (Å²) in [6.45, 7) is 1.44. The van der Waals surface area contributed by atoms with Crippen LogP contribution in [0.5, 0.6) is 5.75 Å². The van der Waals surface area contributed by atoms with Crippen molar-refractivity contribution in [1.29, 1.82) is 0 Å². The number of hydrogen-bond donors (Lipinski definition) is 5. The van der Waals surface area contributed by atoms with E-state index in [1.165, 1.54) is 12.3 Å². The molecule has 7 nitrogen and oxygen atoms in total. The number of carbonyl (C=O) groups is 1. The third-order valence-corrected chi connectivity index (χ3v) is 3.57. The van der Waals surface area contributed by atoms with Gasteiger partial charge in [-0.1, -0.05) is 0 Å². The fraction of sp³-hybridized carbons (Fsp3) is 0.176. The minimum Gasteiger partial charge on any atom is -0.506 e. The number of nitrogens with two attached hydrogens (primary N) is 2. The molecule has 7 N–H and O–H groups in total. The molecular weight excluding hydrogens is 344 g/mol. The van der Waals surface area contributed by atoms with Gasteiger partial charge in [-0.15, -0.1) is 12.4 Å². The molecule has 0 spiro atoms. The summed E-state index contributed by atoms with van der Waals surface area (Å²) in [5.74, 6) is -0.402. The molecule has 0 aliphatic carbocycles. The number of rotatable bonds is 5. The lowest BCUT2D eigenvalue weighted by molar-refractivity contribution is -0.116. The number of pyridine rings is 1. The van der Waals surface area contributed by atoms with Gasteiger partial charge in [-0.05, 0) is 36.8 Å². The van der Waals surface area contributed by atoms with Gasteiger partial charge in [-0.25, -0.2) is 0 Å². The van der Waals surface area contributed by atoms with Gasteiger partial charge in [0.15, 0.2) is 0 Å². The second-order valence-electron chi connectivity index (χ2n) is 5.29. The van der Waals surface area contributed by atoms with Crippen LogP contribution < -0.4 is 16.8 Å². The molecule has 1 heterocycles. The zero-order valence-corrected chi connectivity index (χ0v) is 14.5. The van der Waals surface area contributed by atoms with Crippen molar-refractivity contribution in [3.8, 4) is 5.75 Å². The van der Waals surface area contributed by atoms with Crippen molar-refractivity contribution < 1.29 is 15.0 Å². The molecule has 1 aromatic heterocycles. The van der Waals surface area contributed by atoms with Crippen molar-refractivity contribution in [3.63, 3.8) is 0 Å². The first-order chi connectivity index (χ1) is 11.4. The SMILES string of the molecule is Cc1ncc(CO)c(CNC(=O)C=Cc2cc(N)ccc2N)c1O.Cl. The minimum absolute atomic E-state index is 0. The van der Waals surface area contributed by atoms with Gasteiger partial charge >= 0.3 is 0 Å². The van der Waals surface area contributed by atoms with E-state index in [-0.39, 0.29) is 37.2 Å². The number of aliphatic hydroxyl groups is 1. The number of aromatic nitrogens is 1. The molecular formula is C17H21ClN4O3. The summed E-state index contributed by atoms with van der Waals surface area (Å²) in [6, 6.07) is 5.01. The van der Waals surface area contributed by atoms with E-state index >= 15 is 0 Å². The van der Waals surface area contributed by atoms with Gasteiger partial charge < -0.3 is 27.0 Å². The highest BCUT2D eigenvalue weighted by Gasteiger charge is 2.11. The molecule has 0 atom stereocenters. The molecule has 8 heteroatoms. The number of nitrogens with zero attached hydrogens (tertiary/aromatic N) is 1. The number of nitrogen functional groups attached to an aromatic ring is 2. The van der Waals surface area contributed by atoms with Crippen molar-refractivity contribution >= 4 is 35.8 Å². The molecule has 1 aromatic carbocycles. The molecule has 2 aromatic rings. The van der Waals surface area contributed by atoms with Crippen molar-refractivity contribution in [2.75, 3.05) is 11.5 Å². The predicted molar refractivity (Wildman–Crippen MR) is 100.0 cm³/mol. The number of nitrogens with one attached hydrogen (secondary N) is 1. The van der Waals surface area contributed by atoms with E-state index in [4.69, 9.17) is 11.5 Å². The van der Waals surface area contributed by atoms with E-state index in [9.17, 15) is 15.0 Å². The summed E-state index contributed by atoms with van der Waals surface area (Å²) in [5, 5.41) is 22.0. The van der Waals surface area contributed by atoms with Crippen molar-refractivity contribution in [1.82, 2.24) is 10.3 Å². The van der Waals surface area contributed by atoms with Crippen LogP contribution in [-0.2, 0) is 17.9 Å². The summed E-state index contributed by atoms with van der Waals surface area (Å²) in [4.78, 5) is 15.9. The number of carbonyl (C=O) groups excluding carboxylic acids is 1. The number of amides is 1. The van der Waals surface area contributed by atoms with Crippen LogP contribution in [0.15, 0.2) is 30.5 Å². The third-order valence-electron chi connectivity index (χ3n) is 3.57. The standard InChI is InChI=1S/C17H20N4O3.ClH/c1-10-17(24)14(12(9-22)7-20-10)8-21-16(23)5-2-11-6-13(18)3-4-15(11)19;/h2-7,22,24H,8-9,18-19H2,1H3,(H,21,23);1H. The molecule has 0 aliphatic heterocycles. The first kappa shape index (κ1) is 20.3. The fourth-order valence-corrected chi connectivity index (χ4v) is 2.16. The monoisotopic (exact) mass is 364 g/mol. The normalized spacial score (nSPS) is 10.5. The summed E-state index contributed by atoms with van der Waals surface area (Å²) >= 11 is 0. The molecule has 25 heavy (non-hydrogen) atoms. The zero-order valence-electron chi connectivity index (χ0n) is 13.7. The van der Waals surface area contributed by atoms with Crippen LogP contribution in [-0.4, -0.2) is 21.1 Å². The largest absolute Gasteiger partial charge is 0.506 e. The Morgan fingerprint density at radius 3 is 2.76 bits per heavy atom. The number of aromatic hydroxyl groups is 1. The van der Waals surface area contributed by atoms with E-state index < -0.39 is 0 Å². The molecule has 0 fully saturated rings. The van der Waals surface area contributed by atoms with Crippen molar-refractivity contribution in [2.24, 2.45) is 0 Å². The predicted octanol–water partition coefficient (Wildman–Crippen LogP) is 1.50. The Kier molecular flexibility index (Phi) is 7.22. The van der Waals surface area contributed by atoms with Gasteiger partial charge in [-0.2, -0.15) is 0 Å². The molecule has 0 bridgehead atoms. The van der Waals surface area contributed by atoms with E-state index in [0.717, 1.165) is 0 Å². The summed E-state index contributed by atoms with van der Waals surface area (Å²) in [5.41, 5.74) is 14.5. The van der Waals surface area contributed by atoms with E-state index in [2.05, 4.69) is 10.3 Å². The minimum atomic E-state index is -0.366. The average molecular weight is 365 g/mol. The quantitative estimate of drug-likeness (QED) is 0.403. The Morgan fingerprint density at radius 1 is 1.36 bits per heavy atom. The molecule has 2 rings (SSSR count). The van der Waals surface area contributed by atoms with Gasteiger partial charge in [0, 0.05) is 41.3 Å². The fourth-order valence-electron chi connectivity index (χ4n) is 2.16. The zero-order chi connectivity index (χ0) is 17.7. The number of benzene rings is 1. The molecule has 1 amide bonds. The number of anilines is 2. The maximum absolute atomic E-state index is 12.0. The summed E-state index contributed by atoms with van der Waals surface area (Å²) < 4.78 is 0. The number of aryl methyl sites for hydroxylation is 1. The second-order valence-corrected chi connectivity index (χ2v) is 5.29. The van der Waals surface area contributed by atoms with Crippen molar-refractivity contribution in [3.05, 3.63) is 52.9 Å². The maximum Gasteiger partial charge on any atom is 0.244 e. The lowest BCUT2D eigenvalue weighted by Gasteiger charge is -2.11. The van der Waals surface area contributed by atoms with Crippen LogP contribution in [0.25, 0.3) is 6.08 Å². The first-order valence-electron chi connectivity index (χ1n) is 7.30. The van der Waals surface area contributed by atoms with Gasteiger partial charge in [0.05, 0.1) is 12.3 Å². The van der Waals surface area contributed by atoms with Crippen LogP contribution in [0.4, 0.5) is 11.4 Å². The van der Waals surface area contributed by atoms with Gasteiger partial charge in [-0.3, -0.25) is 9.78 Å². The van der Waals surface area contributed by atoms with E-state index in [1.54, 1.807) is 31.2 Å². The highest BCUT2D eigenvalue weighted by atomic mass is 35.5. The molecule has 0 unspecified atom stereocenters. The molecule has 0 radical (unpaired) electrons. The number of aliphatic hydroxyl groups excluding tert-OH is 1. The molecule has 0 saturated heterocycles. The highest BCUT2D eigenvalue weighted by Crippen LogP contribution is 2.23. The number of hydrogen-bond acceptors (Lipinski definition) is 6. The second kappa shape index (κ2) is 8.91. The van der Waals surface area contributed by atoms with Gasteiger partial charge in [0.25, 0.3) is 0 Å². The van der Waals surface area contributed by atoms with Crippen LogP contribution in [0, 0.1) is 6.92 Å². The summed E-state index contributed by atoms with van der Waals surface area (Å²) in [7, 11) is 0. The first-order valence-corrected chi connectivity index (χ1v) is 7.30. The summed E-state index contributed by atoms with van der Waals surface area (Å²) in [6.07, 6.45) is 4.36. The van der Waals surface area contributed by atoms with Crippen LogP contribution >= 0.6 is 12.4 Å². The molecule has 134 valence electrons. The smallest absolute Gasteiger partial charge is 0.244 e. The van der Waals surface area contributed by atoms with Gasteiger partial charge in [0.2, 0.25) is 5.91 Å². The lowest BCUT2D eigenvalue weighted by Crippen LogP contribution is -2.21. The maximum atomic E-state index is 12.0. The Hall–Kier alpha value is -2.77. The molecule has 0 aliphatic rings. The Labute approximate surface area is 151 Å². The van der Waals surface area contributed by atoms with E-state index in [0.29, 0.717) is 33.8 Å². The Morgan fingerprint density at radius 2 is 2.08 bits per heavy atom. The lowest BCUT2D eigenvalue weighted by atomic mass is 10.1. The van der Waals surface area contributed by atoms with Crippen LogP contribution in [0.3, 0.4) is 0 Å². The van der Waals surface area contributed by atoms with Gasteiger partial charge in [0.1, 0.15) is 5.75 Å². The van der Waals surface area contributed by atoms with Crippen LogP contribution in [0.1, 0.15) is 22.4 Å². The highest BCUT2D eigenvalue weighted by molar-refractivity contribution is 5.92. The van der Waals surface area contributed by atoms with Crippen molar-refractivity contribution in [2.45, 2.75) is 20.1 Å². The molecule has 0 saturated carbocycles. The Balaban J connectivity index is 0.00000312. The Bertz CT molecular complexity index is 794. The van der Waals surface area contributed by atoms with E-state index in [1.807, 2.05) is 0 Å². The third kappa shape index (κ3) is 5.10. The number of halogens is 1.